The molecule has 0 N–H and O–H groups in total. The molecule has 1 aromatic heterocycles. The predicted molar refractivity (Wildman–Crippen MR) is 110 cm³/mol. The van der Waals surface area contributed by atoms with E-state index < -0.39 is 0 Å². The molecule has 1 aliphatic rings. The predicted octanol–water partition coefficient (Wildman–Crippen LogP) is 4.42. The fraction of sp³-hybridized carbons (Fsp3) is 0.238. The molecule has 0 spiro atoms. The maximum Gasteiger partial charge on any atom is 0.273 e. The van der Waals surface area contributed by atoms with Gasteiger partial charge in [-0.3, -0.25) is 9.69 Å². The van der Waals surface area contributed by atoms with Crippen LogP contribution in [-0.2, 0) is 6.54 Å². The van der Waals surface area contributed by atoms with Crippen molar-refractivity contribution in [3.8, 4) is 10.6 Å². The molecule has 1 saturated heterocycles. The minimum absolute atomic E-state index is 0.0239. The van der Waals surface area contributed by atoms with E-state index in [-0.39, 0.29) is 5.91 Å². The van der Waals surface area contributed by atoms with E-state index >= 15 is 0 Å². The molecule has 3 aromatic rings. The lowest BCUT2D eigenvalue weighted by atomic mass is 10.2. The summed E-state index contributed by atoms with van der Waals surface area (Å²) in [7, 11) is 0. The minimum atomic E-state index is 0.0239. The van der Waals surface area contributed by atoms with Crippen molar-refractivity contribution in [2.75, 3.05) is 26.2 Å². The van der Waals surface area contributed by atoms with Crippen LogP contribution < -0.4 is 0 Å². The Kier molecular flexibility index (Phi) is 5.53. The van der Waals surface area contributed by atoms with Crippen molar-refractivity contribution in [3.63, 3.8) is 0 Å². The van der Waals surface area contributed by atoms with Gasteiger partial charge in [0.2, 0.25) is 0 Å². The fourth-order valence-corrected chi connectivity index (χ4v) is 4.26. The lowest BCUT2D eigenvalue weighted by Crippen LogP contribution is -2.48. The Hall–Kier alpha value is -2.21. The van der Waals surface area contributed by atoms with E-state index in [1.165, 1.54) is 16.9 Å². The highest BCUT2D eigenvalue weighted by Crippen LogP contribution is 2.24. The molecule has 0 radical (unpaired) electrons. The molecule has 0 bridgehead atoms. The van der Waals surface area contributed by atoms with Gasteiger partial charge in [0.1, 0.15) is 10.7 Å². The van der Waals surface area contributed by atoms with Crippen LogP contribution in [0, 0.1) is 0 Å². The molecule has 1 fully saturated rings. The minimum Gasteiger partial charge on any atom is -0.335 e. The van der Waals surface area contributed by atoms with Crippen molar-refractivity contribution in [1.29, 1.82) is 0 Å². The van der Waals surface area contributed by atoms with E-state index in [9.17, 15) is 4.79 Å². The highest BCUT2D eigenvalue weighted by atomic mass is 35.5. The van der Waals surface area contributed by atoms with Crippen molar-refractivity contribution < 1.29 is 4.79 Å². The number of piperazine rings is 1. The van der Waals surface area contributed by atoms with Crippen LogP contribution in [0.15, 0.2) is 60.0 Å². The van der Waals surface area contributed by atoms with Crippen molar-refractivity contribution >= 4 is 28.8 Å². The number of nitrogens with zero attached hydrogens (tertiary/aromatic N) is 3. The summed E-state index contributed by atoms with van der Waals surface area (Å²) >= 11 is 7.58. The molecule has 4 rings (SSSR count). The highest BCUT2D eigenvalue weighted by Gasteiger charge is 2.24. The second-order valence-electron chi connectivity index (χ2n) is 6.60. The number of thiazole rings is 1. The van der Waals surface area contributed by atoms with Gasteiger partial charge in [-0.15, -0.1) is 11.3 Å². The van der Waals surface area contributed by atoms with Gasteiger partial charge in [0.05, 0.1) is 0 Å². The van der Waals surface area contributed by atoms with E-state index in [4.69, 9.17) is 11.6 Å². The van der Waals surface area contributed by atoms with Gasteiger partial charge in [-0.1, -0.05) is 54.1 Å². The largest absolute Gasteiger partial charge is 0.335 e. The normalized spacial score (nSPS) is 15.1. The van der Waals surface area contributed by atoms with E-state index in [1.54, 1.807) is 0 Å². The Morgan fingerprint density at radius 3 is 2.56 bits per heavy atom. The Bertz CT molecular complexity index is 920. The molecular weight excluding hydrogens is 378 g/mol. The first kappa shape index (κ1) is 18.2. The van der Waals surface area contributed by atoms with Crippen LogP contribution >= 0.6 is 22.9 Å². The summed E-state index contributed by atoms with van der Waals surface area (Å²) in [6.45, 7) is 4.01. The quantitative estimate of drug-likeness (QED) is 0.653. The second-order valence-corrected chi connectivity index (χ2v) is 7.90. The number of hydrogen-bond acceptors (Lipinski definition) is 4. The summed E-state index contributed by atoms with van der Waals surface area (Å²) < 4.78 is 0. The molecule has 0 atom stereocenters. The van der Waals surface area contributed by atoms with Gasteiger partial charge in [0.25, 0.3) is 5.91 Å². The third-order valence-corrected chi connectivity index (χ3v) is 5.83. The molecule has 1 amide bonds. The summed E-state index contributed by atoms with van der Waals surface area (Å²) in [5.74, 6) is 0.0239. The molecular formula is C21H20ClN3OS. The zero-order chi connectivity index (χ0) is 18.6. The van der Waals surface area contributed by atoms with Crippen molar-refractivity contribution in [1.82, 2.24) is 14.8 Å². The van der Waals surface area contributed by atoms with E-state index in [2.05, 4.69) is 16.0 Å². The SMILES string of the molecule is O=C(c1csc(-c2ccccc2)n1)N1CCN(Cc2cccc(Cl)c2)CC1. The molecule has 27 heavy (non-hydrogen) atoms. The van der Waals surface area contributed by atoms with Crippen molar-refractivity contribution in [3.05, 3.63) is 76.3 Å². The average molecular weight is 398 g/mol. The van der Waals surface area contributed by atoms with Gasteiger partial charge in [-0.25, -0.2) is 4.98 Å². The Balaban J connectivity index is 1.35. The lowest BCUT2D eigenvalue weighted by molar-refractivity contribution is 0.0623. The molecule has 6 heteroatoms. The molecule has 0 unspecified atom stereocenters. The van der Waals surface area contributed by atoms with E-state index in [1.807, 2.05) is 58.8 Å². The number of amides is 1. The topological polar surface area (TPSA) is 36.4 Å². The highest BCUT2D eigenvalue weighted by molar-refractivity contribution is 7.13. The maximum atomic E-state index is 12.8. The fourth-order valence-electron chi connectivity index (χ4n) is 3.25. The number of benzene rings is 2. The summed E-state index contributed by atoms with van der Waals surface area (Å²) in [5, 5.41) is 3.51. The Morgan fingerprint density at radius 1 is 1.04 bits per heavy atom. The summed E-state index contributed by atoms with van der Waals surface area (Å²) in [4.78, 5) is 21.6. The van der Waals surface area contributed by atoms with Gasteiger partial charge < -0.3 is 4.90 Å². The standard InChI is InChI=1S/C21H20ClN3OS/c22-18-8-4-5-16(13-18)14-24-9-11-25(12-10-24)21(26)19-15-27-20(23-19)17-6-2-1-3-7-17/h1-8,13,15H,9-12,14H2. The number of carbonyl (C=O) groups is 1. The van der Waals surface area contributed by atoms with E-state index in [0.29, 0.717) is 5.69 Å². The average Bonchev–Trinajstić information content (AvgIpc) is 3.19. The third-order valence-electron chi connectivity index (χ3n) is 4.70. The van der Waals surface area contributed by atoms with Gasteiger partial charge in [0.15, 0.2) is 0 Å². The number of carbonyl (C=O) groups excluding carboxylic acids is 1. The third kappa shape index (κ3) is 4.38. The van der Waals surface area contributed by atoms with Crippen LogP contribution in [0.3, 0.4) is 0 Å². The first-order valence-electron chi connectivity index (χ1n) is 8.96. The molecule has 0 saturated carbocycles. The first-order valence-corrected chi connectivity index (χ1v) is 10.2. The maximum absolute atomic E-state index is 12.8. The van der Waals surface area contributed by atoms with Crippen LogP contribution in [0.5, 0.6) is 0 Å². The van der Waals surface area contributed by atoms with Crippen LogP contribution in [0.4, 0.5) is 0 Å². The van der Waals surface area contributed by atoms with Gasteiger partial charge in [0, 0.05) is 48.7 Å². The molecule has 138 valence electrons. The summed E-state index contributed by atoms with van der Waals surface area (Å²) in [5.41, 5.74) is 2.80. The van der Waals surface area contributed by atoms with Crippen LogP contribution in [-0.4, -0.2) is 46.9 Å². The Morgan fingerprint density at radius 2 is 1.81 bits per heavy atom. The monoisotopic (exact) mass is 397 g/mol. The number of hydrogen-bond donors (Lipinski definition) is 0. The molecule has 1 aliphatic heterocycles. The molecule has 2 heterocycles. The van der Waals surface area contributed by atoms with Crippen molar-refractivity contribution in [2.24, 2.45) is 0 Å². The van der Waals surface area contributed by atoms with Crippen molar-refractivity contribution in [2.45, 2.75) is 6.54 Å². The van der Waals surface area contributed by atoms with Gasteiger partial charge in [-0.2, -0.15) is 0 Å². The van der Waals surface area contributed by atoms with E-state index in [0.717, 1.165) is 48.3 Å². The van der Waals surface area contributed by atoms with Crippen LogP contribution in [0.1, 0.15) is 16.1 Å². The Labute approximate surface area is 168 Å². The van der Waals surface area contributed by atoms with Crippen LogP contribution in [0.25, 0.3) is 10.6 Å². The zero-order valence-electron chi connectivity index (χ0n) is 14.8. The lowest BCUT2D eigenvalue weighted by Gasteiger charge is -2.34. The number of halogens is 1. The van der Waals surface area contributed by atoms with Gasteiger partial charge >= 0.3 is 0 Å². The zero-order valence-corrected chi connectivity index (χ0v) is 16.4. The second kappa shape index (κ2) is 8.21. The van der Waals surface area contributed by atoms with Crippen LogP contribution in [0.2, 0.25) is 5.02 Å². The molecule has 4 nitrogen and oxygen atoms in total. The van der Waals surface area contributed by atoms with Gasteiger partial charge in [-0.05, 0) is 17.7 Å². The molecule has 0 aliphatic carbocycles. The molecule has 2 aromatic carbocycles. The first-order chi connectivity index (χ1) is 13.2. The summed E-state index contributed by atoms with van der Waals surface area (Å²) in [6.07, 6.45) is 0. The summed E-state index contributed by atoms with van der Waals surface area (Å²) in [6, 6.07) is 17.9. The number of aromatic nitrogens is 1. The smallest absolute Gasteiger partial charge is 0.273 e. The number of rotatable bonds is 4.